The molecule has 2 atom stereocenters. The second-order valence-electron chi connectivity index (χ2n) is 6.04. The third-order valence-electron chi connectivity index (χ3n) is 3.24. The predicted molar refractivity (Wildman–Crippen MR) is 93.8 cm³/mol. The van der Waals surface area contributed by atoms with Crippen molar-refractivity contribution in [3.05, 3.63) is 29.3 Å². The van der Waals surface area contributed by atoms with Crippen LogP contribution in [0.2, 0.25) is 5.02 Å². The highest BCUT2D eigenvalue weighted by atomic mass is 35.5. The van der Waals surface area contributed by atoms with Crippen molar-refractivity contribution in [2.75, 3.05) is 6.54 Å². The molecule has 22 heavy (non-hydrogen) atoms. The molecular formula is C16H26Cl2N2O2. The standard InChI is InChI=1S/C16H25ClN2O2.ClH/c1-11(2)9-16(4,10-18)19-15(20)12(3)21-14-8-6-5-7-13(14)17;/h5-8,11-12H,9-10,18H2,1-4H3,(H,19,20);1H. The second kappa shape index (κ2) is 9.23. The maximum atomic E-state index is 12.3. The molecule has 1 aromatic rings. The van der Waals surface area contributed by atoms with Crippen molar-refractivity contribution >= 4 is 29.9 Å². The lowest BCUT2D eigenvalue weighted by molar-refractivity contribution is -0.129. The Balaban J connectivity index is 0.00000441. The van der Waals surface area contributed by atoms with Gasteiger partial charge in [0.15, 0.2) is 6.10 Å². The number of para-hydroxylation sites is 1. The minimum Gasteiger partial charge on any atom is -0.479 e. The highest BCUT2D eigenvalue weighted by Crippen LogP contribution is 2.24. The van der Waals surface area contributed by atoms with Gasteiger partial charge in [0.25, 0.3) is 5.91 Å². The van der Waals surface area contributed by atoms with Crippen LogP contribution in [0.15, 0.2) is 24.3 Å². The van der Waals surface area contributed by atoms with Crippen molar-refractivity contribution in [2.24, 2.45) is 11.7 Å². The number of carbonyl (C=O) groups excluding carboxylic acids is 1. The third kappa shape index (κ3) is 6.42. The molecule has 4 nitrogen and oxygen atoms in total. The van der Waals surface area contributed by atoms with E-state index in [1.165, 1.54) is 0 Å². The van der Waals surface area contributed by atoms with Crippen LogP contribution in [0.25, 0.3) is 0 Å². The molecule has 2 unspecified atom stereocenters. The highest BCUT2D eigenvalue weighted by Gasteiger charge is 2.28. The lowest BCUT2D eigenvalue weighted by atomic mass is 9.90. The maximum Gasteiger partial charge on any atom is 0.261 e. The maximum absolute atomic E-state index is 12.3. The number of rotatable bonds is 7. The van der Waals surface area contributed by atoms with Gasteiger partial charge in [-0.3, -0.25) is 4.79 Å². The van der Waals surface area contributed by atoms with Crippen LogP contribution in [0.3, 0.4) is 0 Å². The summed E-state index contributed by atoms with van der Waals surface area (Å²) in [5, 5.41) is 3.47. The summed E-state index contributed by atoms with van der Waals surface area (Å²) in [7, 11) is 0. The van der Waals surface area contributed by atoms with E-state index in [2.05, 4.69) is 19.2 Å². The van der Waals surface area contributed by atoms with Gasteiger partial charge >= 0.3 is 0 Å². The number of halogens is 2. The zero-order chi connectivity index (χ0) is 16.0. The first-order valence-corrected chi connectivity index (χ1v) is 7.58. The molecule has 0 saturated carbocycles. The van der Waals surface area contributed by atoms with Gasteiger partial charge in [-0.15, -0.1) is 12.4 Å². The van der Waals surface area contributed by atoms with Crippen LogP contribution in [0.4, 0.5) is 0 Å². The molecule has 1 aromatic carbocycles. The number of carbonyl (C=O) groups is 1. The fourth-order valence-corrected chi connectivity index (χ4v) is 2.45. The van der Waals surface area contributed by atoms with E-state index < -0.39 is 11.6 Å². The first-order chi connectivity index (χ1) is 9.77. The van der Waals surface area contributed by atoms with Crippen LogP contribution in [0, 0.1) is 5.92 Å². The summed E-state index contributed by atoms with van der Waals surface area (Å²) in [6, 6.07) is 7.09. The lowest BCUT2D eigenvalue weighted by Crippen LogP contribution is -2.55. The molecule has 0 spiro atoms. The number of hydrogen-bond acceptors (Lipinski definition) is 3. The van der Waals surface area contributed by atoms with E-state index in [1.807, 2.05) is 19.1 Å². The Morgan fingerprint density at radius 2 is 1.95 bits per heavy atom. The summed E-state index contributed by atoms with van der Waals surface area (Å²) in [4.78, 5) is 12.3. The summed E-state index contributed by atoms with van der Waals surface area (Å²) in [6.07, 6.45) is 0.177. The molecule has 0 aliphatic carbocycles. The van der Waals surface area contributed by atoms with Crippen molar-refractivity contribution in [1.82, 2.24) is 5.32 Å². The fourth-order valence-electron chi connectivity index (χ4n) is 2.27. The summed E-state index contributed by atoms with van der Waals surface area (Å²) in [5.41, 5.74) is 5.38. The molecule has 0 heterocycles. The summed E-state index contributed by atoms with van der Waals surface area (Å²) in [6.45, 7) is 8.24. The van der Waals surface area contributed by atoms with E-state index in [-0.39, 0.29) is 18.3 Å². The first kappa shape index (κ1) is 21.0. The quantitative estimate of drug-likeness (QED) is 0.793. The van der Waals surface area contributed by atoms with Crippen LogP contribution in [0.1, 0.15) is 34.1 Å². The smallest absolute Gasteiger partial charge is 0.261 e. The first-order valence-electron chi connectivity index (χ1n) is 7.20. The largest absolute Gasteiger partial charge is 0.479 e. The third-order valence-corrected chi connectivity index (χ3v) is 3.56. The van der Waals surface area contributed by atoms with E-state index >= 15 is 0 Å². The molecule has 1 rings (SSSR count). The predicted octanol–water partition coefficient (Wildman–Crippen LogP) is 3.41. The van der Waals surface area contributed by atoms with Gasteiger partial charge in [0.05, 0.1) is 5.02 Å². The Morgan fingerprint density at radius 3 is 2.45 bits per heavy atom. The van der Waals surface area contributed by atoms with E-state index in [0.717, 1.165) is 6.42 Å². The molecule has 0 saturated heterocycles. The molecular weight excluding hydrogens is 323 g/mol. The van der Waals surface area contributed by atoms with Crippen molar-refractivity contribution in [2.45, 2.75) is 45.8 Å². The summed E-state index contributed by atoms with van der Waals surface area (Å²) >= 11 is 6.03. The van der Waals surface area contributed by atoms with E-state index in [9.17, 15) is 4.79 Å². The molecule has 0 radical (unpaired) electrons. The number of nitrogens with two attached hydrogens (primary N) is 1. The molecule has 0 aliphatic rings. The van der Waals surface area contributed by atoms with E-state index in [4.69, 9.17) is 22.1 Å². The Kier molecular flexibility index (Phi) is 8.83. The highest BCUT2D eigenvalue weighted by molar-refractivity contribution is 6.32. The molecule has 1 amide bonds. The van der Waals surface area contributed by atoms with E-state index in [0.29, 0.717) is 23.2 Å². The summed E-state index contributed by atoms with van der Waals surface area (Å²) in [5.74, 6) is 0.752. The minimum atomic E-state index is -0.636. The fraction of sp³-hybridized carbons (Fsp3) is 0.562. The Morgan fingerprint density at radius 1 is 1.36 bits per heavy atom. The van der Waals surface area contributed by atoms with Crippen LogP contribution < -0.4 is 15.8 Å². The number of ether oxygens (including phenoxy) is 1. The monoisotopic (exact) mass is 348 g/mol. The topological polar surface area (TPSA) is 64.3 Å². The molecule has 0 aliphatic heterocycles. The molecule has 0 fully saturated rings. The van der Waals surface area contributed by atoms with Gasteiger partial charge < -0.3 is 15.8 Å². The SMILES string of the molecule is CC(C)CC(C)(CN)NC(=O)C(C)Oc1ccccc1Cl.Cl. The average molecular weight is 349 g/mol. The van der Waals surface area contributed by atoms with E-state index in [1.54, 1.807) is 19.1 Å². The number of amides is 1. The Labute approximate surface area is 144 Å². The Hall–Kier alpha value is -0.970. The van der Waals surface area contributed by atoms with Gasteiger partial charge in [0.2, 0.25) is 0 Å². The van der Waals surface area contributed by atoms with Gasteiger partial charge in [0, 0.05) is 12.1 Å². The van der Waals surface area contributed by atoms with Crippen molar-refractivity contribution in [3.63, 3.8) is 0 Å². The van der Waals surface area contributed by atoms with Gasteiger partial charge in [-0.1, -0.05) is 37.6 Å². The molecule has 6 heteroatoms. The molecule has 3 N–H and O–H groups in total. The lowest BCUT2D eigenvalue weighted by Gasteiger charge is -2.32. The van der Waals surface area contributed by atoms with Gasteiger partial charge in [0.1, 0.15) is 5.75 Å². The van der Waals surface area contributed by atoms with Crippen LogP contribution in [0.5, 0.6) is 5.75 Å². The van der Waals surface area contributed by atoms with Crippen LogP contribution >= 0.6 is 24.0 Å². The number of benzene rings is 1. The minimum absolute atomic E-state index is 0. The number of nitrogens with one attached hydrogen (secondary N) is 1. The summed E-state index contributed by atoms with van der Waals surface area (Å²) < 4.78 is 5.62. The zero-order valence-electron chi connectivity index (χ0n) is 13.6. The molecule has 0 aromatic heterocycles. The van der Waals surface area contributed by atoms with Gasteiger partial charge in [-0.05, 0) is 38.3 Å². The molecule has 0 bridgehead atoms. The Bertz CT molecular complexity index is 483. The van der Waals surface area contributed by atoms with Crippen molar-refractivity contribution in [3.8, 4) is 5.75 Å². The van der Waals surface area contributed by atoms with Crippen molar-refractivity contribution in [1.29, 1.82) is 0 Å². The number of hydrogen-bond donors (Lipinski definition) is 2. The normalized spacial score (nSPS) is 14.7. The zero-order valence-corrected chi connectivity index (χ0v) is 15.1. The second-order valence-corrected chi connectivity index (χ2v) is 6.45. The van der Waals surface area contributed by atoms with Gasteiger partial charge in [-0.25, -0.2) is 0 Å². The van der Waals surface area contributed by atoms with Crippen LogP contribution in [-0.4, -0.2) is 24.1 Å². The molecule has 126 valence electrons. The van der Waals surface area contributed by atoms with Crippen molar-refractivity contribution < 1.29 is 9.53 Å². The van der Waals surface area contributed by atoms with Crippen LogP contribution in [-0.2, 0) is 4.79 Å². The van der Waals surface area contributed by atoms with Gasteiger partial charge in [-0.2, -0.15) is 0 Å². The average Bonchev–Trinajstić information content (AvgIpc) is 2.40.